The van der Waals surface area contributed by atoms with Gasteiger partial charge < -0.3 is 20.1 Å². The highest BCUT2D eigenvalue weighted by atomic mass is 32.2. The number of benzene rings is 2. The van der Waals surface area contributed by atoms with Gasteiger partial charge in [0.2, 0.25) is 5.91 Å². The van der Waals surface area contributed by atoms with E-state index in [0.29, 0.717) is 12.3 Å². The third-order valence-electron chi connectivity index (χ3n) is 5.22. The molecule has 0 aromatic heterocycles. The monoisotopic (exact) mass is 471 g/mol. The van der Waals surface area contributed by atoms with Crippen molar-refractivity contribution in [3.8, 4) is 5.75 Å². The number of nitrogens with one attached hydrogen (secondary N) is 3. The Morgan fingerprint density at radius 3 is 2.33 bits per heavy atom. The molecule has 2 amide bonds. The van der Waals surface area contributed by atoms with E-state index in [0.717, 1.165) is 5.56 Å². The van der Waals surface area contributed by atoms with Crippen LogP contribution in [-0.4, -0.2) is 53.7 Å². The minimum Gasteiger partial charge on any atom is -0.484 e. The highest BCUT2D eigenvalue weighted by Crippen LogP contribution is 2.39. The van der Waals surface area contributed by atoms with Crippen molar-refractivity contribution in [1.82, 2.24) is 16.0 Å². The first-order valence-electron chi connectivity index (χ1n) is 10.6. The van der Waals surface area contributed by atoms with Gasteiger partial charge in [-0.3, -0.25) is 19.7 Å². The number of carbonyl (C=O) groups is 3. The molecule has 1 saturated heterocycles. The Balaban J connectivity index is 1.70. The molecule has 3 rings (SSSR count). The van der Waals surface area contributed by atoms with Crippen molar-refractivity contribution in [2.45, 2.75) is 42.6 Å². The van der Waals surface area contributed by atoms with Gasteiger partial charge in [-0.2, -0.15) is 0 Å². The van der Waals surface area contributed by atoms with Gasteiger partial charge in [-0.1, -0.05) is 48.5 Å². The molecule has 2 aromatic rings. The van der Waals surface area contributed by atoms with E-state index in [-0.39, 0.29) is 12.5 Å². The smallest absolute Gasteiger partial charge is 0.324 e. The van der Waals surface area contributed by atoms with Crippen LogP contribution >= 0.6 is 11.8 Å². The zero-order valence-electron chi connectivity index (χ0n) is 18.9. The van der Waals surface area contributed by atoms with Gasteiger partial charge in [-0.15, -0.1) is 11.8 Å². The molecule has 0 radical (unpaired) electrons. The van der Waals surface area contributed by atoms with Crippen LogP contribution in [-0.2, 0) is 25.7 Å². The molecule has 0 bridgehead atoms. The SMILES string of the molecule is COC(=O)[C@@H]1N[C@@H]([C@H](NC(=O)COc2ccccc2)C(=O)NCc2ccccc2)SC1(C)C. The van der Waals surface area contributed by atoms with E-state index in [1.54, 1.807) is 24.3 Å². The van der Waals surface area contributed by atoms with Gasteiger partial charge in [0.05, 0.1) is 12.5 Å². The normalized spacial score (nSPS) is 19.8. The topological polar surface area (TPSA) is 106 Å². The van der Waals surface area contributed by atoms with Crippen LogP contribution in [0.15, 0.2) is 60.7 Å². The quantitative estimate of drug-likeness (QED) is 0.479. The summed E-state index contributed by atoms with van der Waals surface area (Å²) in [5.74, 6) is -0.672. The Labute approximate surface area is 197 Å². The summed E-state index contributed by atoms with van der Waals surface area (Å²) in [4.78, 5) is 38.0. The van der Waals surface area contributed by atoms with Crippen molar-refractivity contribution < 1.29 is 23.9 Å². The van der Waals surface area contributed by atoms with Crippen molar-refractivity contribution in [2.75, 3.05) is 13.7 Å². The molecular weight excluding hydrogens is 442 g/mol. The van der Waals surface area contributed by atoms with Crippen molar-refractivity contribution in [3.63, 3.8) is 0 Å². The number of hydrogen-bond acceptors (Lipinski definition) is 7. The molecule has 1 aliphatic heterocycles. The first-order chi connectivity index (χ1) is 15.8. The van der Waals surface area contributed by atoms with Crippen molar-refractivity contribution in [3.05, 3.63) is 66.2 Å². The maximum atomic E-state index is 13.1. The Hall–Kier alpha value is -3.04. The highest BCUT2D eigenvalue weighted by molar-refractivity contribution is 8.01. The number of rotatable bonds is 9. The minimum atomic E-state index is -0.931. The van der Waals surface area contributed by atoms with Gasteiger partial charge in [-0.05, 0) is 31.5 Å². The van der Waals surface area contributed by atoms with Crippen LogP contribution in [0.25, 0.3) is 0 Å². The average Bonchev–Trinajstić information content (AvgIpc) is 3.15. The highest BCUT2D eigenvalue weighted by Gasteiger charge is 2.49. The van der Waals surface area contributed by atoms with Gasteiger partial charge in [0.25, 0.3) is 5.91 Å². The third-order valence-corrected chi connectivity index (χ3v) is 6.72. The molecular formula is C24H29N3O5S. The second-order valence-electron chi connectivity index (χ2n) is 8.12. The van der Waals surface area contributed by atoms with Gasteiger partial charge >= 0.3 is 5.97 Å². The third kappa shape index (κ3) is 6.72. The Kier molecular flexibility index (Phi) is 8.35. The van der Waals surface area contributed by atoms with E-state index in [2.05, 4.69) is 16.0 Å². The minimum absolute atomic E-state index is 0.242. The summed E-state index contributed by atoms with van der Waals surface area (Å²) in [5, 5.41) is 8.27. The first-order valence-corrected chi connectivity index (χ1v) is 11.5. The van der Waals surface area contributed by atoms with E-state index < -0.39 is 34.1 Å². The molecule has 0 saturated carbocycles. The lowest BCUT2D eigenvalue weighted by Gasteiger charge is -2.25. The zero-order valence-corrected chi connectivity index (χ0v) is 19.7. The molecule has 9 heteroatoms. The van der Waals surface area contributed by atoms with Crippen LogP contribution in [0.2, 0.25) is 0 Å². The molecule has 0 spiro atoms. The summed E-state index contributed by atoms with van der Waals surface area (Å²) in [6.07, 6.45) is 0. The lowest BCUT2D eigenvalue weighted by atomic mass is 10.0. The molecule has 33 heavy (non-hydrogen) atoms. The molecule has 1 fully saturated rings. The summed E-state index contributed by atoms with van der Waals surface area (Å²) in [6, 6.07) is 16.9. The predicted octanol–water partition coefficient (Wildman–Crippen LogP) is 1.85. The van der Waals surface area contributed by atoms with E-state index in [1.165, 1.54) is 18.9 Å². The lowest BCUT2D eigenvalue weighted by Crippen LogP contribution is -2.57. The van der Waals surface area contributed by atoms with Gasteiger partial charge in [-0.25, -0.2) is 0 Å². The van der Waals surface area contributed by atoms with Crippen molar-refractivity contribution in [2.24, 2.45) is 0 Å². The number of thioether (sulfide) groups is 1. The molecule has 176 valence electrons. The van der Waals surface area contributed by atoms with Crippen LogP contribution in [0.5, 0.6) is 5.75 Å². The summed E-state index contributed by atoms with van der Waals surface area (Å²) in [7, 11) is 1.32. The van der Waals surface area contributed by atoms with E-state index in [4.69, 9.17) is 9.47 Å². The van der Waals surface area contributed by atoms with Gasteiger partial charge in [0, 0.05) is 11.3 Å². The maximum Gasteiger partial charge on any atom is 0.324 e. The number of carbonyl (C=O) groups excluding carboxylic acids is 3. The fourth-order valence-electron chi connectivity index (χ4n) is 3.48. The van der Waals surface area contributed by atoms with Crippen molar-refractivity contribution >= 4 is 29.5 Å². The number of methoxy groups -OCH3 is 1. The summed E-state index contributed by atoms with van der Waals surface area (Å²) >= 11 is 1.41. The molecule has 1 heterocycles. The van der Waals surface area contributed by atoms with E-state index in [1.807, 2.05) is 50.2 Å². The van der Waals surface area contributed by atoms with Gasteiger partial charge in [0.1, 0.15) is 17.8 Å². The Morgan fingerprint density at radius 2 is 1.70 bits per heavy atom. The molecule has 0 aliphatic carbocycles. The van der Waals surface area contributed by atoms with E-state index in [9.17, 15) is 14.4 Å². The standard InChI is InChI=1S/C24H29N3O5S/c1-24(2)20(23(30)31-3)27-22(33-24)19(21(29)25-14-16-10-6-4-7-11-16)26-18(28)15-32-17-12-8-5-9-13-17/h4-13,19-20,22,27H,14-15H2,1-3H3,(H,25,29)(H,26,28)/t19-,20+,22-/m1/s1. The van der Waals surface area contributed by atoms with Crippen molar-refractivity contribution in [1.29, 1.82) is 0 Å². The largest absolute Gasteiger partial charge is 0.484 e. The predicted molar refractivity (Wildman–Crippen MR) is 127 cm³/mol. The van der Waals surface area contributed by atoms with Crippen LogP contribution < -0.4 is 20.7 Å². The molecule has 1 aliphatic rings. The molecule has 3 N–H and O–H groups in total. The summed E-state index contributed by atoms with van der Waals surface area (Å²) in [5.41, 5.74) is 0.933. The van der Waals surface area contributed by atoms with Crippen LogP contribution in [0.3, 0.4) is 0 Å². The maximum absolute atomic E-state index is 13.1. The first kappa shape index (κ1) is 24.6. The second kappa shape index (κ2) is 11.2. The Bertz CT molecular complexity index is 955. The fraction of sp³-hybridized carbons (Fsp3) is 0.375. The van der Waals surface area contributed by atoms with Crippen LogP contribution in [0, 0.1) is 0 Å². The van der Waals surface area contributed by atoms with Crippen LogP contribution in [0.1, 0.15) is 19.4 Å². The number of amides is 2. The second-order valence-corrected chi connectivity index (χ2v) is 9.91. The molecule has 3 atom stereocenters. The van der Waals surface area contributed by atoms with E-state index >= 15 is 0 Å². The molecule has 0 unspecified atom stereocenters. The lowest BCUT2D eigenvalue weighted by molar-refractivity contribution is -0.143. The molecule has 8 nitrogen and oxygen atoms in total. The summed E-state index contributed by atoms with van der Waals surface area (Å²) < 4.78 is 9.88. The van der Waals surface area contributed by atoms with Gasteiger partial charge in [0.15, 0.2) is 6.61 Å². The fourth-order valence-corrected chi connectivity index (χ4v) is 4.97. The average molecular weight is 472 g/mol. The number of ether oxygens (including phenoxy) is 2. The molecule has 2 aromatic carbocycles. The van der Waals surface area contributed by atoms with Crippen LogP contribution in [0.4, 0.5) is 0 Å². The summed E-state index contributed by atoms with van der Waals surface area (Å²) in [6.45, 7) is 3.86. The number of para-hydroxylation sites is 1. The Morgan fingerprint density at radius 1 is 1.06 bits per heavy atom. The zero-order chi connectivity index (χ0) is 23.8. The number of esters is 1. The number of hydrogen-bond donors (Lipinski definition) is 3.